The molecule has 6 nitrogen and oxygen atoms in total. The lowest BCUT2D eigenvalue weighted by Gasteiger charge is -2.38. The molecule has 0 aliphatic carbocycles. The van der Waals surface area contributed by atoms with E-state index in [-0.39, 0.29) is 25.4 Å². The lowest BCUT2D eigenvalue weighted by molar-refractivity contribution is -0.252. The van der Waals surface area contributed by atoms with Gasteiger partial charge in [-0.25, -0.2) is 0 Å². The van der Waals surface area contributed by atoms with E-state index in [9.17, 15) is 9.90 Å². The molecule has 0 spiro atoms. The van der Waals surface area contributed by atoms with Crippen molar-refractivity contribution in [3.05, 3.63) is 107 Å². The van der Waals surface area contributed by atoms with Crippen molar-refractivity contribution in [2.75, 3.05) is 13.6 Å². The Bertz CT molecular complexity index is 1170. The summed E-state index contributed by atoms with van der Waals surface area (Å²) in [6.07, 6.45) is -0.0887. The van der Waals surface area contributed by atoms with Crippen LogP contribution in [0.3, 0.4) is 0 Å². The van der Waals surface area contributed by atoms with Gasteiger partial charge in [-0.3, -0.25) is 9.69 Å². The summed E-state index contributed by atoms with van der Waals surface area (Å²) in [7, 11) is 2.09. The fraction of sp³-hybridized carbons (Fsp3) is 0.345. The zero-order chi connectivity index (χ0) is 27.1. The van der Waals surface area contributed by atoms with Crippen molar-refractivity contribution in [1.29, 1.82) is 0 Å². The van der Waals surface area contributed by atoms with Crippen molar-refractivity contribution in [2.45, 2.75) is 48.4 Å². The molecule has 1 saturated heterocycles. The van der Waals surface area contributed by atoms with Crippen molar-refractivity contribution >= 4 is 40.7 Å². The molecule has 0 unspecified atom stereocenters. The molecular weight excluding hydrogens is 547 g/mol. The van der Waals surface area contributed by atoms with E-state index in [0.29, 0.717) is 6.42 Å². The van der Waals surface area contributed by atoms with E-state index in [1.54, 1.807) is 0 Å². The maximum Gasteiger partial charge on any atom is 0.272 e. The SMILES string of the molecule is CN(Cc1ccccc1)C[C@@H]1C[C@H](c2ccc(CO)cc2)O[C@H](c2ccc(CNC(=O)C(Cl)(Cl)Cl)cc2)O1. The van der Waals surface area contributed by atoms with Crippen LogP contribution in [0.5, 0.6) is 0 Å². The van der Waals surface area contributed by atoms with Crippen LogP contribution in [0.15, 0.2) is 78.9 Å². The number of likely N-dealkylation sites (N-methyl/N-ethyl adjacent to an activating group) is 1. The van der Waals surface area contributed by atoms with Crippen molar-refractivity contribution in [3.63, 3.8) is 0 Å². The maximum absolute atomic E-state index is 11.8. The Hall–Kier alpha value is -2.16. The first-order chi connectivity index (χ1) is 18.2. The van der Waals surface area contributed by atoms with Gasteiger partial charge in [-0.15, -0.1) is 0 Å². The summed E-state index contributed by atoms with van der Waals surface area (Å²) in [5.41, 5.74) is 4.86. The second-order valence-corrected chi connectivity index (χ2v) is 11.7. The van der Waals surface area contributed by atoms with Crippen LogP contribution in [0.4, 0.5) is 0 Å². The van der Waals surface area contributed by atoms with Gasteiger partial charge in [-0.2, -0.15) is 0 Å². The number of nitrogens with zero attached hydrogens (tertiary/aromatic N) is 1. The molecule has 1 aliphatic heterocycles. The highest BCUT2D eigenvalue weighted by molar-refractivity contribution is 6.76. The van der Waals surface area contributed by atoms with Crippen LogP contribution in [-0.2, 0) is 34.0 Å². The Kier molecular flexibility index (Phi) is 10.1. The van der Waals surface area contributed by atoms with Gasteiger partial charge in [0, 0.05) is 31.6 Å². The Morgan fingerprint density at radius 2 is 1.55 bits per heavy atom. The van der Waals surface area contributed by atoms with Gasteiger partial charge in [0.1, 0.15) is 0 Å². The van der Waals surface area contributed by atoms with E-state index in [4.69, 9.17) is 44.3 Å². The van der Waals surface area contributed by atoms with Crippen molar-refractivity contribution in [1.82, 2.24) is 10.2 Å². The van der Waals surface area contributed by atoms with Gasteiger partial charge < -0.3 is 19.9 Å². The fourth-order valence-corrected chi connectivity index (χ4v) is 4.62. The minimum absolute atomic E-state index is 0.00108. The number of carbonyl (C=O) groups excluding carboxylic acids is 1. The number of rotatable bonds is 9. The van der Waals surface area contributed by atoms with Gasteiger partial charge in [0.15, 0.2) is 6.29 Å². The van der Waals surface area contributed by atoms with Crippen molar-refractivity contribution in [3.8, 4) is 0 Å². The van der Waals surface area contributed by atoms with Gasteiger partial charge >= 0.3 is 0 Å². The number of benzene rings is 3. The van der Waals surface area contributed by atoms with Crippen LogP contribution in [-0.4, -0.2) is 39.4 Å². The highest BCUT2D eigenvalue weighted by Crippen LogP contribution is 2.38. The predicted octanol–water partition coefficient (Wildman–Crippen LogP) is 5.84. The first-order valence-corrected chi connectivity index (χ1v) is 13.5. The molecule has 1 fully saturated rings. The van der Waals surface area contributed by atoms with E-state index in [1.165, 1.54) is 5.56 Å². The highest BCUT2D eigenvalue weighted by atomic mass is 35.6. The number of halogens is 3. The minimum atomic E-state index is -2.00. The average Bonchev–Trinajstić information content (AvgIpc) is 2.92. The molecule has 4 rings (SSSR count). The molecule has 0 radical (unpaired) electrons. The van der Waals surface area contributed by atoms with Crippen LogP contribution in [0.2, 0.25) is 0 Å². The molecule has 1 aliphatic rings. The monoisotopic (exact) mass is 576 g/mol. The molecule has 9 heteroatoms. The van der Waals surface area contributed by atoms with Gasteiger partial charge in [0.05, 0.1) is 18.8 Å². The second-order valence-electron chi connectivity index (χ2n) is 9.45. The van der Waals surface area contributed by atoms with E-state index < -0.39 is 16.0 Å². The number of hydrogen-bond donors (Lipinski definition) is 2. The normalized spacial score (nSPS) is 19.9. The van der Waals surface area contributed by atoms with Gasteiger partial charge in [-0.05, 0) is 29.3 Å². The smallest absolute Gasteiger partial charge is 0.272 e. The summed E-state index contributed by atoms with van der Waals surface area (Å²) in [6, 6.07) is 25.8. The summed E-state index contributed by atoms with van der Waals surface area (Å²) in [5, 5.41) is 12.0. The topological polar surface area (TPSA) is 71.0 Å². The van der Waals surface area contributed by atoms with Crippen LogP contribution < -0.4 is 5.32 Å². The average molecular weight is 578 g/mol. The summed E-state index contributed by atoms with van der Waals surface area (Å²) in [4.78, 5) is 14.1. The highest BCUT2D eigenvalue weighted by Gasteiger charge is 2.33. The Morgan fingerprint density at radius 3 is 2.18 bits per heavy atom. The molecule has 202 valence electrons. The third-order valence-corrected chi connectivity index (χ3v) is 6.90. The number of ether oxygens (including phenoxy) is 2. The van der Waals surface area contributed by atoms with Crippen LogP contribution in [0.1, 0.15) is 46.6 Å². The lowest BCUT2D eigenvalue weighted by atomic mass is 9.99. The molecule has 0 bridgehead atoms. The zero-order valence-electron chi connectivity index (χ0n) is 21.0. The number of hydrogen-bond acceptors (Lipinski definition) is 5. The molecule has 3 aromatic rings. The number of aliphatic hydroxyl groups is 1. The molecule has 38 heavy (non-hydrogen) atoms. The van der Waals surface area contributed by atoms with Crippen molar-refractivity contribution in [2.24, 2.45) is 0 Å². The first-order valence-electron chi connectivity index (χ1n) is 12.4. The van der Waals surface area contributed by atoms with Gasteiger partial charge in [-0.1, -0.05) is 114 Å². The maximum atomic E-state index is 11.8. The third-order valence-electron chi connectivity index (χ3n) is 6.39. The van der Waals surface area contributed by atoms with Crippen LogP contribution in [0, 0.1) is 0 Å². The molecule has 0 saturated carbocycles. The molecule has 1 amide bonds. The predicted molar refractivity (Wildman–Crippen MR) is 150 cm³/mol. The largest absolute Gasteiger partial charge is 0.392 e. The Balaban J connectivity index is 1.47. The molecule has 3 atom stereocenters. The van der Waals surface area contributed by atoms with E-state index >= 15 is 0 Å². The summed E-state index contributed by atoms with van der Waals surface area (Å²) >= 11 is 16.9. The van der Waals surface area contributed by atoms with Crippen molar-refractivity contribution < 1.29 is 19.4 Å². The molecule has 1 heterocycles. The molecule has 2 N–H and O–H groups in total. The lowest BCUT2D eigenvalue weighted by Crippen LogP contribution is -2.37. The molecular formula is C29H31Cl3N2O4. The third kappa shape index (κ3) is 8.17. The Morgan fingerprint density at radius 1 is 0.921 bits per heavy atom. The quantitative estimate of drug-likeness (QED) is 0.313. The number of amides is 1. The number of nitrogens with one attached hydrogen (secondary N) is 1. The standard InChI is InChI=1S/C29H31Cl3N2O4/c1-34(17-21-5-3-2-4-6-21)18-25-15-26(23-11-9-22(19-35)10-12-23)38-27(37-25)24-13-7-20(8-14-24)16-33-28(36)29(30,31)32/h2-14,25-27,35H,15-19H2,1H3,(H,33,36)/t25-,26+,27+/m0/s1. The second kappa shape index (κ2) is 13.3. The van der Waals surface area contributed by atoms with E-state index in [2.05, 4.69) is 29.4 Å². The minimum Gasteiger partial charge on any atom is -0.392 e. The number of alkyl halides is 3. The molecule has 0 aromatic heterocycles. The molecule has 3 aromatic carbocycles. The number of aliphatic hydroxyl groups excluding tert-OH is 1. The van der Waals surface area contributed by atoms with Gasteiger partial charge in [0.25, 0.3) is 9.70 Å². The zero-order valence-corrected chi connectivity index (χ0v) is 23.3. The summed E-state index contributed by atoms with van der Waals surface area (Å²) in [5.74, 6) is -0.678. The van der Waals surface area contributed by atoms with E-state index in [1.807, 2.05) is 66.7 Å². The van der Waals surface area contributed by atoms with E-state index in [0.717, 1.165) is 35.3 Å². The summed E-state index contributed by atoms with van der Waals surface area (Å²) in [6.45, 7) is 1.78. The first kappa shape index (κ1) is 28.8. The Labute approximate surface area is 238 Å². The number of carbonyl (C=O) groups is 1. The summed E-state index contributed by atoms with van der Waals surface area (Å²) < 4.78 is 10.9. The van der Waals surface area contributed by atoms with Crippen LogP contribution >= 0.6 is 34.8 Å². The fourth-order valence-electron chi connectivity index (χ4n) is 4.42. The van der Waals surface area contributed by atoms with Crippen LogP contribution in [0.25, 0.3) is 0 Å². The van der Waals surface area contributed by atoms with Gasteiger partial charge in [0.2, 0.25) is 0 Å².